The molecule has 1 aliphatic heterocycles. The molecule has 0 saturated heterocycles. The molecule has 0 aromatic heterocycles. The summed E-state index contributed by atoms with van der Waals surface area (Å²) in [5.41, 5.74) is 2.57. The van der Waals surface area contributed by atoms with Gasteiger partial charge in [-0.2, -0.15) is 0 Å². The summed E-state index contributed by atoms with van der Waals surface area (Å²) in [6.07, 6.45) is 0.978. The Hall–Kier alpha value is -0.690. The maximum atomic E-state index is 6.13. The van der Waals surface area contributed by atoms with E-state index in [9.17, 15) is 0 Å². The van der Waals surface area contributed by atoms with Gasteiger partial charge in [-0.25, -0.2) is 0 Å². The van der Waals surface area contributed by atoms with E-state index in [1.165, 1.54) is 11.3 Å². The summed E-state index contributed by atoms with van der Waals surface area (Å²) in [5.74, 6) is 0. The monoisotopic (exact) mass is 181 g/mol. The number of hydrogen-bond acceptors (Lipinski definition) is 1. The van der Waals surface area contributed by atoms with Crippen LogP contribution >= 0.6 is 11.6 Å². The summed E-state index contributed by atoms with van der Waals surface area (Å²) in [6.45, 7) is 2.12. The zero-order valence-electron chi connectivity index (χ0n) is 7.05. The highest BCUT2D eigenvalue weighted by Crippen LogP contribution is 2.26. The number of rotatable bonds is 0. The van der Waals surface area contributed by atoms with E-state index in [0.717, 1.165) is 6.42 Å². The summed E-state index contributed by atoms with van der Waals surface area (Å²) in [6, 6.07) is 8.72. The molecule has 2 atom stereocenters. The number of hydrogen-bond donors (Lipinski definition) is 1. The number of fused-ring (bicyclic) bond motifs is 1. The topological polar surface area (TPSA) is 12.0 Å². The smallest absolute Gasteiger partial charge is 0.0575 e. The Morgan fingerprint density at radius 3 is 3.00 bits per heavy atom. The average Bonchev–Trinajstić information content (AvgIpc) is 2.07. The first-order valence-corrected chi connectivity index (χ1v) is 4.69. The molecule has 2 heteroatoms. The van der Waals surface area contributed by atoms with Crippen molar-refractivity contribution in [1.82, 2.24) is 0 Å². The highest BCUT2D eigenvalue weighted by Gasteiger charge is 2.21. The number of alkyl halides is 1. The Bertz CT molecular complexity index is 256. The minimum Gasteiger partial charge on any atom is -0.381 e. The molecule has 1 aromatic rings. The van der Waals surface area contributed by atoms with Crippen LogP contribution in [-0.2, 0) is 6.42 Å². The summed E-state index contributed by atoms with van der Waals surface area (Å²) in [7, 11) is 0. The van der Waals surface area contributed by atoms with E-state index < -0.39 is 0 Å². The average molecular weight is 182 g/mol. The van der Waals surface area contributed by atoms with Crippen LogP contribution < -0.4 is 5.32 Å². The molecular formula is C10H12ClN. The van der Waals surface area contributed by atoms with Crippen molar-refractivity contribution >= 4 is 17.3 Å². The van der Waals surface area contributed by atoms with Crippen molar-refractivity contribution in [3.63, 3.8) is 0 Å². The van der Waals surface area contributed by atoms with E-state index in [1.54, 1.807) is 0 Å². The Balaban J connectivity index is 2.34. The van der Waals surface area contributed by atoms with Gasteiger partial charge in [-0.15, -0.1) is 11.6 Å². The predicted octanol–water partition coefficient (Wildman–Crippen LogP) is 2.65. The quantitative estimate of drug-likeness (QED) is 0.607. The van der Waals surface area contributed by atoms with Gasteiger partial charge >= 0.3 is 0 Å². The number of benzene rings is 1. The summed E-state index contributed by atoms with van der Waals surface area (Å²) >= 11 is 6.13. The summed E-state index contributed by atoms with van der Waals surface area (Å²) in [5, 5.41) is 3.60. The molecule has 2 unspecified atom stereocenters. The van der Waals surface area contributed by atoms with Crippen molar-refractivity contribution < 1.29 is 0 Å². The van der Waals surface area contributed by atoms with Crippen molar-refractivity contribution in [1.29, 1.82) is 0 Å². The molecule has 0 bridgehead atoms. The zero-order valence-corrected chi connectivity index (χ0v) is 7.81. The highest BCUT2D eigenvalue weighted by molar-refractivity contribution is 6.21. The Morgan fingerprint density at radius 1 is 1.42 bits per heavy atom. The predicted molar refractivity (Wildman–Crippen MR) is 52.9 cm³/mol. The van der Waals surface area contributed by atoms with Gasteiger partial charge in [0.2, 0.25) is 0 Å². The van der Waals surface area contributed by atoms with Crippen molar-refractivity contribution in [2.45, 2.75) is 24.8 Å². The Labute approximate surface area is 77.7 Å². The maximum Gasteiger partial charge on any atom is 0.0575 e. The molecule has 64 valence electrons. The lowest BCUT2D eigenvalue weighted by Crippen LogP contribution is -2.32. The van der Waals surface area contributed by atoms with E-state index in [0.29, 0.717) is 6.04 Å². The number of anilines is 1. The van der Waals surface area contributed by atoms with E-state index in [2.05, 4.69) is 30.4 Å². The van der Waals surface area contributed by atoms with E-state index in [1.807, 2.05) is 6.07 Å². The SMILES string of the molecule is CC1Nc2ccccc2CC1Cl. The second-order valence-corrected chi connectivity index (χ2v) is 3.87. The number of halogens is 1. The van der Waals surface area contributed by atoms with Gasteiger partial charge in [-0.05, 0) is 25.0 Å². The largest absolute Gasteiger partial charge is 0.381 e. The fourth-order valence-corrected chi connectivity index (χ4v) is 1.79. The molecule has 1 N–H and O–H groups in total. The maximum absolute atomic E-state index is 6.13. The summed E-state index contributed by atoms with van der Waals surface area (Å²) in [4.78, 5) is 0. The van der Waals surface area contributed by atoms with E-state index >= 15 is 0 Å². The standard InChI is InChI=1S/C10H12ClN/c1-7-9(11)6-8-4-2-3-5-10(8)12-7/h2-5,7,9,12H,6H2,1H3. The van der Waals surface area contributed by atoms with Gasteiger partial charge < -0.3 is 5.32 Å². The van der Waals surface area contributed by atoms with Crippen LogP contribution in [-0.4, -0.2) is 11.4 Å². The number of para-hydroxylation sites is 1. The molecule has 0 saturated carbocycles. The second kappa shape index (κ2) is 2.98. The first kappa shape index (κ1) is 7.93. The molecule has 2 rings (SSSR count). The van der Waals surface area contributed by atoms with Crippen molar-refractivity contribution in [3.05, 3.63) is 29.8 Å². The third-order valence-electron chi connectivity index (χ3n) is 2.36. The zero-order chi connectivity index (χ0) is 8.55. The lowest BCUT2D eigenvalue weighted by molar-refractivity contribution is 0.690. The van der Waals surface area contributed by atoms with Gasteiger partial charge in [0.05, 0.1) is 5.38 Å². The van der Waals surface area contributed by atoms with Gasteiger partial charge in [-0.1, -0.05) is 18.2 Å². The lowest BCUT2D eigenvalue weighted by Gasteiger charge is -2.28. The van der Waals surface area contributed by atoms with Gasteiger partial charge in [0, 0.05) is 11.7 Å². The molecule has 0 amide bonds. The van der Waals surface area contributed by atoms with Crippen LogP contribution in [0.5, 0.6) is 0 Å². The van der Waals surface area contributed by atoms with Crippen molar-refractivity contribution in [3.8, 4) is 0 Å². The molecule has 0 aliphatic carbocycles. The van der Waals surface area contributed by atoms with Crippen molar-refractivity contribution in [2.24, 2.45) is 0 Å². The van der Waals surface area contributed by atoms with E-state index in [4.69, 9.17) is 11.6 Å². The molecule has 1 nitrogen and oxygen atoms in total. The van der Waals surface area contributed by atoms with Crippen LogP contribution in [0.1, 0.15) is 12.5 Å². The van der Waals surface area contributed by atoms with Gasteiger partial charge in [0.15, 0.2) is 0 Å². The molecule has 0 fully saturated rings. The first-order chi connectivity index (χ1) is 5.77. The molecule has 1 heterocycles. The minimum atomic E-state index is 0.222. The third kappa shape index (κ3) is 1.29. The van der Waals surface area contributed by atoms with Crippen LogP contribution in [0, 0.1) is 0 Å². The lowest BCUT2D eigenvalue weighted by atomic mass is 9.99. The van der Waals surface area contributed by atoms with E-state index in [-0.39, 0.29) is 5.38 Å². The third-order valence-corrected chi connectivity index (χ3v) is 2.89. The molecular weight excluding hydrogens is 170 g/mol. The molecule has 0 radical (unpaired) electrons. The Morgan fingerprint density at radius 2 is 2.17 bits per heavy atom. The normalized spacial score (nSPS) is 27.5. The van der Waals surface area contributed by atoms with Crippen LogP contribution in [0.4, 0.5) is 5.69 Å². The molecule has 1 aromatic carbocycles. The first-order valence-electron chi connectivity index (χ1n) is 4.26. The van der Waals surface area contributed by atoms with Gasteiger partial charge in [-0.3, -0.25) is 0 Å². The van der Waals surface area contributed by atoms with Crippen LogP contribution in [0.25, 0.3) is 0 Å². The molecule has 12 heavy (non-hydrogen) atoms. The minimum absolute atomic E-state index is 0.222. The fourth-order valence-electron chi connectivity index (χ4n) is 1.56. The highest BCUT2D eigenvalue weighted by atomic mass is 35.5. The Kier molecular flexibility index (Phi) is 1.97. The van der Waals surface area contributed by atoms with Crippen molar-refractivity contribution in [2.75, 3.05) is 5.32 Å². The number of nitrogens with one attached hydrogen (secondary N) is 1. The van der Waals surface area contributed by atoms with Crippen LogP contribution in [0.2, 0.25) is 0 Å². The molecule has 0 spiro atoms. The van der Waals surface area contributed by atoms with Gasteiger partial charge in [0.25, 0.3) is 0 Å². The second-order valence-electron chi connectivity index (χ2n) is 3.31. The van der Waals surface area contributed by atoms with Crippen LogP contribution in [0.3, 0.4) is 0 Å². The molecule has 1 aliphatic rings. The fraction of sp³-hybridized carbons (Fsp3) is 0.400. The summed E-state index contributed by atoms with van der Waals surface area (Å²) < 4.78 is 0. The van der Waals surface area contributed by atoms with Gasteiger partial charge in [0.1, 0.15) is 0 Å². The van der Waals surface area contributed by atoms with Crippen LogP contribution in [0.15, 0.2) is 24.3 Å².